The van der Waals surface area contributed by atoms with E-state index < -0.39 is 5.60 Å². The lowest BCUT2D eigenvalue weighted by Crippen LogP contribution is -2.54. The Labute approximate surface area is 228 Å². The van der Waals surface area contributed by atoms with Crippen LogP contribution in [0.4, 0.5) is 4.79 Å². The predicted molar refractivity (Wildman–Crippen MR) is 148 cm³/mol. The molecular weight excluding hydrogens is 490 g/mol. The molecular formula is C29H46ClN3O4. The number of urea groups is 1. The van der Waals surface area contributed by atoms with Crippen LogP contribution in [0.15, 0.2) is 24.3 Å². The molecule has 2 fully saturated rings. The van der Waals surface area contributed by atoms with Crippen molar-refractivity contribution in [1.82, 2.24) is 15.5 Å². The Bertz CT molecular complexity index is 863. The fraction of sp³-hybridized carbons (Fsp3) is 0.724. The van der Waals surface area contributed by atoms with E-state index in [1.165, 1.54) is 39.2 Å². The van der Waals surface area contributed by atoms with Crippen LogP contribution in [-0.4, -0.2) is 63.3 Å². The molecule has 3 rings (SSSR count). The molecule has 37 heavy (non-hydrogen) atoms. The monoisotopic (exact) mass is 535 g/mol. The normalized spacial score (nSPS) is 21.2. The maximum absolute atomic E-state index is 13.4. The third-order valence-corrected chi connectivity index (χ3v) is 8.40. The number of hydrogen-bond acceptors (Lipinski definition) is 5. The van der Waals surface area contributed by atoms with Crippen molar-refractivity contribution in [3.8, 4) is 0 Å². The number of nitrogens with zero attached hydrogens (tertiary/aromatic N) is 1. The number of esters is 1. The SMILES string of the molecule is CNC[C@H](CC1CCCCC1)NC(=O)N1CCC[C@@H]([C@@](C)(OCCCC(=O)OC)c2cccc(Cl)c2)C1. The summed E-state index contributed by atoms with van der Waals surface area (Å²) < 4.78 is 11.3. The lowest BCUT2D eigenvalue weighted by Gasteiger charge is -2.44. The van der Waals surface area contributed by atoms with Gasteiger partial charge in [0.05, 0.1) is 12.7 Å². The topological polar surface area (TPSA) is 79.9 Å². The first-order valence-corrected chi connectivity index (χ1v) is 14.4. The first-order chi connectivity index (χ1) is 17.9. The molecule has 2 aliphatic rings. The highest BCUT2D eigenvalue weighted by atomic mass is 35.5. The van der Waals surface area contributed by atoms with E-state index in [2.05, 4.69) is 17.6 Å². The van der Waals surface area contributed by atoms with Gasteiger partial charge in [-0.15, -0.1) is 0 Å². The fourth-order valence-corrected chi connectivity index (χ4v) is 6.17. The van der Waals surface area contributed by atoms with Crippen molar-refractivity contribution >= 4 is 23.6 Å². The highest BCUT2D eigenvalue weighted by molar-refractivity contribution is 6.30. The molecule has 0 bridgehead atoms. The summed E-state index contributed by atoms with van der Waals surface area (Å²) in [5, 5.41) is 7.26. The third kappa shape index (κ3) is 8.86. The van der Waals surface area contributed by atoms with E-state index in [-0.39, 0.29) is 24.0 Å². The van der Waals surface area contributed by atoms with Crippen molar-refractivity contribution < 1.29 is 19.1 Å². The van der Waals surface area contributed by atoms with Gasteiger partial charge in [0.2, 0.25) is 0 Å². The van der Waals surface area contributed by atoms with Crippen LogP contribution < -0.4 is 10.6 Å². The van der Waals surface area contributed by atoms with Crippen molar-refractivity contribution in [2.24, 2.45) is 11.8 Å². The first-order valence-electron chi connectivity index (χ1n) is 14.0. The van der Waals surface area contributed by atoms with Crippen molar-refractivity contribution in [2.75, 3.05) is 40.4 Å². The van der Waals surface area contributed by atoms with Crippen molar-refractivity contribution in [1.29, 1.82) is 0 Å². The number of likely N-dealkylation sites (tertiary alicyclic amines) is 1. The first kappa shape index (κ1) is 29.7. The summed E-state index contributed by atoms with van der Waals surface area (Å²) in [4.78, 5) is 27.0. The zero-order valence-corrected chi connectivity index (χ0v) is 23.7. The molecule has 1 aromatic rings. The van der Waals surface area contributed by atoms with E-state index in [1.807, 2.05) is 36.2 Å². The minimum Gasteiger partial charge on any atom is -0.469 e. The minimum absolute atomic E-state index is 0.0138. The second-order valence-corrected chi connectivity index (χ2v) is 11.3. The molecule has 1 aliphatic carbocycles. The van der Waals surface area contributed by atoms with Crippen LogP contribution in [0.1, 0.15) is 76.7 Å². The zero-order valence-electron chi connectivity index (χ0n) is 22.9. The molecule has 2 amide bonds. The largest absolute Gasteiger partial charge is 0.469 e. The molecule has 8 heteroatoms. The fourth-order valence-electron chi connectivity index (χ4n) is 5.98. The van der Waals surface area contributed by atoms with Crippen LogP contribution in [0.3, 0.4) is 0 Å². The Kier molecular flexibility index (Phi) is 12.0. The number of likely N-dealkylation sites (N-methyl/N-ethyl adjacent to an activating group) is 1. The molecule has 1 aromatic carbocycles. The summed E-state index contributed by atoms with van der Waals surface area (Å²) in [6.07, 6.45) is 10.3. The van der Waals surface area contributed by atoms with Crippen molar-refractivity contribution in [3.63, 3.8) is 0 Å². The van der Waals surface area contributed by atoms with Gasteiger partial charge in [-0.05, 0) is 63.3 Å². The summed E-state index contributed by atoms with van der Waals surface area (Å²) in [5.41, 5.74) is 0.364. The predicted octanol–water partition coefficient (Wildman–Crippen LogP) is 5.51. The minimum atomic E-state index is -0.632. The number of carbonyl (C=O) groups excluding carboxylic acids is 2. The van der Waals surface area contributed by atoms with Gasteiger partial charge in [0.15, 0.2) is 0 Å². The molecule has 1 saturated carbocycles. The molecule has 0 spiro atoms. The van der Waals surface area contributed by atoms with Crippen LogP contribution in [0.25, 0.3) is 0 Å². The number of piperidine rings is 1. The molecule has 1 saturated heterocycles. The molecule has 0 unspecified atom stereocenters. The maximum atomic E-state index is 13.4. The number of benzene rings is 1. The quantitative estimate of drug-likeness (QED) is 0.273. The Morgan fingerprint density at radius 3 is 2.68 bits per heavy atom. The Balaban J connectivity index is 1.68. The second kappa shape index (κ2) is 14.9. The Hall–Kier alpha value is -1.83. The van der Waals surface area contributed by atoms with E-state index in [0.717, 1.165) is 37.9 Å². The molecule has 3 atom stereocenters. The van der Waals surface area contributed by atoms with Crippen molar-refractivity contribution in [2.45, 2.75) is 82.8 Å². The van der Waals surface area contributed by atoms with Crippen LogP contribution in [0.2, 0.25) is 5.02 Å². The lowest BCUT2D eigenvalue weighted by atomic mass is 9.78. The van der Waals surface area contributed by atoms with Gasteiger partial charge in [-0.2, -0.15) is 0 Å². The molecule has 0 radical (unpaired) electrons. The molecule has 1 heterocycles. The standard InChI is InChI=1S/C29H46ClN3O4/c1-29(23-12-7-14-25(30)19-23,37-17-9-15-27(34)36-3)24-13-8-16-33(21-24)28(35)32-26(20-31-2)18-22-10-5-4-6-11-22/h7,12,14,19,22,24,26,31H,4-6,8-11,13,15-18,20-21H2,1-3H3,(H,32,35)/t24-,26+,29+/m1/s1. The molecule has 208 valence electrons. The number of rotatable bonds is 12. The van der Waals surface area contributed by atoms with E-state index in [9.17, 15) is 9.59 Å². The third-order valence-electron chi connectivity index (χ3n) is 8.16. The van der Waals surface area contributed by atoms with Crippen LogP contribution in [0.5, 0.6) is 0 Å². The molecule has 7 nitrogen and oxygen atoms in total. The van der Waals surface area contributed by atoms with Gasteiger partial charge in [0.25, 0.3) is 0 Å². The molecule has 0 aromatic heterocycles. The second-order valence-electron chi connectivity index (χ2n) is 10.9. The van der Waals surface area contributed by atoms with Gasteiger partial charge in [-0.1, -0.05) is 55.8 Å². The van der Waals surface area contributed by atoms with Crippen molar-refractivity contribution in [3.05, 3.63) is 34.9 Å². The van der Waals surface area contributed by atoms with Gasteiger partial charge in [0.1, 0.15) is 0 Å². The maximum Gasteiger partial charge on any atom is 0.317 e. The molecule has 1 aliphatic heterocycles. The number of methoxy groups -OCH3 is 1. The average molecular weight is 536 g/mol. The van der Waals surface area contributed by atoms with Crippen LogP contribution in [0, 0.1) is 11.8 Å². The average Bonchev–Trinajstić information content (AvgIpc) is 2.91. The van der Waals surface area contributed by atoms with Gasteiger partial charge in [-0.25, -0.2) is 4.79 Å². The lowest BCUT2D eigenvalue weighted by molar-refractivity contribution is -0.142. The van der Waals surface area contributed by atoms with Crippen LogP contribution in [-0.2, 0) is 19.9 Å². The Morgan fingerprint density at radius 2 is 1.97 bits per heavy atom. The van der Waals surface area contributed by atoms with Gasteiger partial charge in [0, 0.05) is 49.6 Å². The summed E-state index contributed by atoms with van der Waals surface area (Å²) >= 11 is 6.36. The Morgan fingerprint density at radius 1 is 1.19 bits per heavy atom. The number of amides is 2. The number of nitrogens with one attached hydrogen (secondary N) is 2. The van der Waals surface area contributed by atoms with Gasteiger partial charge < -0.3 is 25.0 Å². The number of carbonyl (C=O) groups is 2. The van der Waals surface area contributed by atoms with E-state index in [1.54, 1.807) is 0 Å². The molecule has 2 N–H and O–H groups in total. The number of ether oxygens (including phenoxy) is 2. The summed E-state index contributed by atoms with van der Waals surface area (Å²) in [7, 11) is 3.35. The van der Waals surface area contributed by atoms with Gasteiger partial charge >= 0.3 is 12.0 Å². The number of halogens is 1. The van der Waals surface area contributed by atoms with Crippen LogP contribution >= 0.6 is 11.6 Å². The van der Waals surface area contributed by atoms with Gasteiger partial charge in [-0.3, -0.25) is 4.79 Å². The van der Waals surface area contributed by atoms with E-state index in [0.29, 0.717) is 36.9 Å². The number of hydrogen-bond donors (Lipinski definition) is 2. The van der Waals surface area contributed by atoms with E-state index >= 15 is 0 Å². The summed E-state index contributed by atoms with van der Waals surface area (Å²) in [6.45, 7) is 4.65. The van der Waals surface area contributed by atoms with E-state index in [4.69, 9.17) is 21.1 Å². The summed E-state index contributed by atoms with van der Waals surface area (Å²) in [6, 6.07) is 7.94. The summed E-state index contributed by atoms with van der Waals surface area (Å²) in [5.74, 6) is 0.564. The smallest absolute Gasteiger partial charge is 0.317 e. The highest BCUT2D eigenvalue weighted by Crippen LogP contribution is 2.40. The zero-order chi connectivity index (χ0) is 26.7. The highest BCUT2D eigenvalue weighted by Gasteiger charge is 2.41.